The van der Waals surface area contributed by atoms with Gasteiger partial charge in [-0.1, -0.05) is 54.1 Å². The highest BCUT2D eigenvalue weighted by Gasteiger charge is 2.39. The number of carbonyl (C=O) groups is 1. The highest BCUT2D eigenvalue weighted by Crippen LogP contribution is 2.54. The number of thioether (sulfide) groups is 2. The van der Waals surface area contributed by atoms with Gasteiger partial charge >= 0.3 is 0 Å². The summed E-state index contributed by atoms with van der Waals surface area (Å²) in [7, 11) is 0. The van der Waals surface area contributed by atoms with Crippen molar-refractivity contribution in [1.29, 1.82) is 0 Å². The molecule has 1 nitrogen and oxygen atoms in total. The number of Topliss-reactive ketones (excluding diaryl/α,β-unsaturated/α-hetero) is 1. The van der Waals surface area contributed by atoms with Crippen LogP contribution in [0.25, 0.3) is 0 Å². The van der Waals surface area contributed by atoms with Crippen LogP contribution in [0.3, 0.4) is 0 Å². The minimum atomic E-state index is -0.169. The molecule has 0 unspecified atom stereocenters. The summed E-state index contributed by atoms with van der Waals surface area (Å²) in [6.45, 7) is 0. The lowest BCUT2D eigenvalue weighted by molar-refractivity contribution is 0.0979. The van der Waals surface area contributed by atoms with Crippen LogP contribution in [0.5, 0.6) is 0 Å². The fraction of sp³-hybridized carbons (Fsp3) is 0.235. The largest absolute Gasteiger partial charge is 0.294 e. The molecule has 1 fully saturated rings. The summed E-state index contributed by atoms with van der Waals surface area (Å²) in [6.07, 6.45) is 0.522. The Balaban J connectivity index is 1.88. The van der Waals surface area contributed by atoms with E-state index in [1.54, 1.807) is 0 Å². The zero-order valence-electron chi connectivity index (χ0n) is 11.4. The van der Waals surface area contributed by atoms with Crippen molar-refractivity contribution in [3.8, 4) is 0 Å². The van der Waals surface area contributed by atoms with Crippen molar-refractivity contribution in [2.24, 2.45) is 0 Å². The van der Waals surface area contributed by atoms with E-state index in [2.05, 4.69) is 0 Å². The van der Waals surface area contributed by atoms with Crippen molar-refractivity contribution in [3.05, 3.63) is 70.7 Å². The van der Waals surface area contributed by atoms with Crippen molar-refractivity contribution in [2.45, 2.75) is 10.5 Å². The molecule has 1 saturated heterocycles. The molecular formula is C17H15ClOS2. The predicted octanol–water partition coefficient (Wildman–Crippen LogP) is 5.25. The molecule has 0 amide bonds. The van der Waals surface area contributed by atoms with Gasteiger partial charge in [0.25, 0.3) is 0 Å². The normalized spacial score (nSPS) is 16.8. The van der Waals surface area contributed by atoms with E-state index < -0.39 is 0 Å². The van der Waals surface area contributed by atoms with E-state index in [1.807, 2.05) is 78.1 Å². The molecule has 0 radical (unpaired) electrons. The van der Waals surface area contributed by atoms with Crippen LogP contribution in [0.4, 0.5) is 0 Å². The topological polar surface area (TPSA) is 17.1 Å². The number of carbonyl (C=O) groups excluding carboxylic acids is 1. The Labute approximate surface area is 138 Å². The van der Waals surface area contributed by atoms with Crippen LogP contribution in [0, 0.1) is 0 Å². The summed E-state index contributed by atoms with van der Waals surface area (Å²) in [5, 5.41) is 0.733. The second kappa shape index (κ2) is 6.47. The summed E-state index contributed by atoms with van der Waals surface area (Å²) in [5.41, 5.74) is 1.97. The number of halogens is 1. The predicted molar refractivity (Wildman–Crippen MR) is 93.4 cm³/mol. The van der Waals surface area contributed by atoms with Gasteiger partial charge in [0.2, 0.25) is 0 Å². The van der Waals surface area contributed by atoms with Gasteiger partial charge < -0.3 is 0 Å². The van der Waals surface area contributed by atoms with Gasteiger partial charge in [0.1, 0.15) is 0 Å². The van der Waals surface area contributed by atoms with Crippen molar-refractivity contribution < 1.29 is 4.79 Å². The highest BCUT2D eigenvalue weighted by atomic mass is 35.5. The van der Waals surface area contributed by atoms with E-state index in [1.165, 1.54) is 5.56 Å². The lowest BCUT2D eigenvalue weighted by atomic mass is 10.0. The summed E-state index contributed by atoms with van der Waals surface area (Å²) in [4.78, 5) is 12.6. The summed E-state index contributed by atoms with van der Waals surface area (Å²) in [6, 6.07) is 17.5. The number of rotatable bonds is 4. The maximum atomic E-state index is 12.6. The van der Waals surface area contributed by atoms with Crippen molar-refractivity contribution in [1.82, 2.24) is 0 Å². The van der Waals surface area contributed by atoms with Gasteiger partial charge in [0.15, 0.2) is 5.78 Å². The minimum Gasteiger partial charge on any atom is -0.294 e. The zero-order valence-corrected chi connectivity index (χ0v) is 13.8. The fourth-order valence-corrected chi connectivity index (χ4v) is 5.82. The maximum absolute atomic E-state index is 12.6. The van der Waals surface area contributed by atoms with Gasteiger partial charge in [-0.2, -0.15) is 0 Å². The van der Waals surface area contributed by atoms with Gasteiger partial charge in [-0.05, 0) is 17.7 Å². The maximum Gasteiger partial charge on any atom is 0.165 e. The van der Waals surface area contributed by atoms with E-state index in [0.717, 1.165) is 22.1 Å². The first-order chi connectivity index (χ1) is 10.2. The number of ketones is 1. The third-order valence-corrected chi connectivity index (χ3v) is 7.25. The summed E-state index contributed by atoms with van der Waals surface area (Å²) in [5.74, 6) is 2.36. The standard InChI is InChI=1S/C17H15ClOS2/c18-15-8-6-14(7-9-15)17(20-10-11-21-17)12-16(19)13-4-2-1-3-5-13/h1-9H,10-12H2. The number of benzene rings is 2. The molecule has 1 aliphatic heterocycles. The van der Waals surface area contributed by atoms with Gasteiger partial charge in [0, 0.05) is 28.5 Å². The molecule has 3 rings (SSSR count). The van der Waals surface area contributed by atoms with Crippen LogP contribution in [-0.4, -0.2) is 17.3 Å². The molecule has 0 N–H and O–H groups in total. The van der Waals surface area contributed by atoms with Gasteiger partial charge in [0.05, 0.1) is 4.08 Å². The van der Waals surface area contributed by atoms with Gasteiger partial charge in [-0.25, -0.2) is 0 Å². The first-order valence-electron chi connectivity index (χ1n) is 6.82. The number of hydrogen-bond acceptors (Lipinski definition) is 3. The molecule has 0 saturated carbocycles. The zero-order chi connectivity index (χ0) is 14.7. The Bertz CT molecular complexity index is 619. The molecule has 2 aromatic carbocycles. The molecule has 0 atom stereocenters. The van der Waals surface area contributed by atoms with Crippen LogP contribution in [-0.2, 0) is 4.08 Å². The van der Waals surface area contributed by atoms with E-state index >= 15 is 0 Å². The first kappa shape index (κ1) is 15.0. The monoisotopic (exact) mass is 334 g/mol. The molecular weight excluding hydrogens is 320 g/mol. The second-order valence-corrected chi connectivity index (χ2v) is 8.41. The first-order valence-corrected chi connectivity index (χ1v) is 9.17. The molecule has 0 aliphatic carbocycles. The second-order valence-electron chi connectivity index (χ2n) is 4.92. The molecule has 1 heterocycles. The van der Waals surface area contributed by atoms with Crippen LogP contribution in [0.2, 0.25) is 5.02 Å². The molecule has 2 aromatic rings. The average Bonchev–Trinajstić information content (AvgIpc) is 2.98. The van der Waals surface area contributed by atoms with Crippen LogP contribution < -0.4 is 0 Å². The summed E-state index contributed by atoms with van der Waals surface area (Å²) >= 11 is 9.73. The fourth-order valence-electron chi connectivity index (χ4n) is 2.47. The molecule has 0 aromatic heterocycles. The van der Waals surface area contributed by atoms with Crippen LogP contribution >= 0.6 is 35.1 Å². The Morgan fingerprint density at radius 3 is 2.24 bits per heavy atom. The molecule has 0 bridgehead atoms. The Morgan fingerprint density at radius 2 is 1.62 bits per heavy atom. The highest BCUT2D eigenvalue weighted by molar-refractivity contribution is 8.20. The van der Waals surface area contributed by atoms with E-state index in [4.69, 9.17) is 11.6 Å². The SMILES string of the molecule is O=C(CC1(c2ccc(Cl)cc2)SCCS1)c1ccccc1. The smallest absolute Gasteiger partial charge is 0.165 e. The lowest BCUT2D eigenvalue weighted by Gasteiger charge is -2.27. The summed E-state index contributed by atoms with van der Waals surface area (Å²) < 4.78 is -0.169. The molecule has 0 spiro atoms. The van der Waals surface area contributed by atoms with E-state index in [0.29, 0.717) is 6.42 Å². The lowest BCUT2D eigenvalue weighted by Crippen LogP contribution is -2.20. The van der Waals surface area contributed by atoms with Crippen molar-refractivity contribution in [3.63, 3.8) is 0 Å². The Morgan fingerprint density at radius 1 is 1.00 bits per heavy atom. The third-order valence-electron chi connectivity index (χ3n) is 3.53. The molecule has 1 aliphatic rings. The van der Waals surface area contributed by atoms with Gasteiger partial charge in [-0.15, -0.1) is 23.5 Å². The number of hydrogen-bond donors (Lipinski definition) is 0. The van der Waals surface area contributed by atoms with Crippen LogP contribution in [0.15, 0.2) is 54.6 Å². The van der Waals surface area contributed by atoms with Crippen molar-refractivity contribution in [2.75, 3.05) is 11.5 Å². The Kier molecular flexibility index (Phi) is 4.63. The minimum absolute atomic E-state index is 0.169. The van der Waals surface area contributed by atoms with Crippen LogP contribution in [0.1, 0.15) is 22.3 Å². The molecule has 21 heavy (non-hydrogen) atoms. The van der Waals surface area contributed by atoms with E-state index in [-0.39, 0.29) is 9.86 Å². The molecule has 4 heteroatoms. The molecule has 108 valence electrons. The quantitative estimate of drug-likeness (QED) is 0.711. The van der Waals surface area contributed by atoms with Crippen molar-refractivity contribution >= 4 is 40.9 Å². The third kappa shape index (κ3) is 3.31. The average molecular weight is 335 g/mol. The van der Waals surface area contributed by atoms with E-state index in [9.17, 15) is 4.79 Å². The van der Waals surface area contributed by atoms with Gasteiger partial charge in [-0.3, -0.25) is 4.79 Å². The Hall–Kier alpha value is -0.900.